The Balaban J connectivity index is 1.50. The van der Waals surface area contributed by atoms with Crippen molar-refractivity contribution >= 4 is 5.91 Å². The second kappa shape index (κ2) is 7.74. The van der Waals surface area contributed by atoms with E-state index in [2.05, 4.69) is 20.3 Å². The molecule has 0 bridgehead atoms. The van der Waals surface area contributed by atoms with Gasteiger partial charge in [0.1, 0.15) is 24.0 Å². The number of amides is 1. The van der Waals surface area contributed by atoms with E-state index < -0.39 is 41.4 Å². The number of rotatable bonds is 4. The first kappa shape index (κ1) is 20.4. The molecule has 2 aromatic rings. The van der Waals surface area contributed by atoms with Crippen LogP contribution in [0.5, 0.6) is 0 Å². The molecular formula is C19H23N5O6. The molecule has 30 heavy (non-hydrogen) atoms. The lowest BCUT2D eigenvalue weighted by atomic mass is 9.97. The minimum atomic E-state index is -0.891. The lowest BCUT2D eigenvalue weighted by molar-refractivity contribution is -0.153. The maximum atomic E-state index is 12.4. The lowest BCUT2D eigenvalue weighted by Gasteiger charge is -2.37. The van der Waals surface area contributed by atoms with Crippen LogP contribution in [-0.2, 0) is 14.2 Å². The zero-order valence-corrected chi connectivity index (χ0v) is 16.8. The summed E-state index contributed by atoms with van der Waals surface area (Å²) in [6.07, 6.45) is 2.82. The molecule has 1 amide bonds. The van der Waals surface area contributed by atoms with E-state index in [0.29, 0.717) is 5.69 Å². The fourth-order valence-electron chi connectivity index (χ4n) is 3.71. The highest BCUT2D eigenvalue weighted by Gasteiger charge is 2.52. The molecule has 160 valence electrons. The molecule has 0 radical (unpaired) electrons. The summed E-state index contributed by atoms with van der Waals surface area (Å²) in [5, 5.41) is 2.78. The highest BCUT2D eigenvalue weighted by molar-refractivity contribution is 5.91. The van der Waals surface area contributed by atoms with Crippen LogP contribution >= 0.6 is 0 Å². The van der Waals surface area contributed by atoms with Gasteiger partial charge in [0.25, 0.3) is 11.5 Å². The summed E-state index contributed by atoms with van der Waals surface area (Å²) in [7, 11) is 0. The Morgan fingerprint density at radius 1 is 1.27 bits per heavy atom. The summed E-state index contributed by atoms with van der Waals surface area (Å²) < 4.78 is 19.4. The van der Waals surface area contributed by atoms with E-state index in [0.717, 1.165) is 0 Å². The predicted octanol–water partition coefficient (Wildman–Crippen LogP) is -0.475. The molecule has 0 aliphatic carbocycles. The van der Waals surface area contributed by atoms with Crippen LogP contribution in [0.15, 0.2) is 34.2 Å². The van der Waals surface area contributed by atoms with E-state index in [9.17, 15) is 14.4 Å². The van der Waals surface area contributed by atoms with Crippen LogP contribution in [0.25, 0.3) is 0 Å². The SMILES string of the molecule is Cc1cnc(C(=O)NC[C@H]2OC[C@@H](n3ccc(=O)[nH]c3=O)[C@@H]3OC(C)(C)O[C@@H]32)cn1. The van der Waals surface area contributed by atoms with Gasteiger partial charge in [-0.15, -0.1) is 0 Å². The van der Waals surface area contributed by atoms with Crippen molar-refractivity contribution in [2.45, 2.75) is 50.9 Å². The largest absolute Gasteiger partial charge is 0.371 e. The number of aromatic nitrogens is 4. The van der Waals surface area contributed by atoms with Gasteiger partial charge in [-0.2, -0.15) is 0 Å². The van der Waals surface area contributed by atoms with Gasteiger partial charge in [0, 0.05) is 25.0 Å². The molecule has 0 saturated carbocycles. The monoisotopic (exact) mass is 417 g/mol. The van der Waals surface area contributed by atoms with Crippen molar-refractivity contribution < 1.29 is 19.0 Å². The number of aromatic amines is 1. The van der Waals surface area contributed by atoms with E-state index in [-0.39, 0.29) is 24.8 Å². The maximum Gasteiger partial charge on any atom is 0.328 e. The van der Waals surface area contributed by atoms with Crippen molar-refractivity contribution in [2.24, 2.45) is 0 Å². The van der Waals surface area contributed by atoms with Crippen molar-refractivity contribution in [3.63, 3.8) is 0 Å². The van der Waals surface area contributed by atoms with Crippen molar-refractivity contribution in [1.82, 2.24) is 24.8 Å². The Morgan fingerprint density at radius 3 is 2.73 bits per heavy atom. The number of fused-ring (bicyclic) bond motifs is 1. The highest BCUT2D eigenvalue weighted by Crippen LogP contribution is 2.39. The Hall–Kier alpha value is -2.89. The summed E-state index contributed by atoms with van der Waals surface area (Å²) >= 11 is 0. The smallest absolute Gasteiger partial charge is 0.328 e. The fraction of sp³-hybridized carbons (Fsp3) is 0.526. The molecule has 4 heterocycles. The van der Waals surface area contributed by atoms with Crippen LogP contribution in [0.4, 0.5) is 0 Å². The minimum absolute atomic E-state index is 0.150. The van der Waals surface area contributed by atoms with Gasteiger partial charge in [-0.1, -0.05) is 0 Å². The molecule has 2 N–H and O–H groups in total. The number of carbonyl (C=O) groups is 1. The van der Waals surface area contributed by atoms with Crippen molar-refractivity contribution in [3.05, 3.63) is 56.9 Å². The van der Waals surface area contributed by atoms with Gasteiger partial charge in [-0.25, -0.2) is 9.78 Å². The fourth-order valence-corrected chi connectivity index (χ4v) is 3.71. The van der Waals surface area contributed by atoms with E-state index in [1.807, 2.05) is 0 Å². The van der Waals surface area contributed by atoms with Crippen LogP contribution in [0.2, 0.25) is 0 Å². The second-order valence-corrected chi connectivity index (χ2v) is 7.77. The summed E-state index contributed by atoms with van der Waals surface area (Å²) in [6.45, 7) is 5.65. The Morgan fingerprint density at radius 2 is 2.03 bits per heavy atom. The lowest BCUT2D eigenvalue weighted by Crippen LogP contribution is -2.54. The molecule has 0 unspecified atom stereocenters. The van der Waals surface area contributed by atoms with Gasteiger partial charge in [0.15, 0.2) is 5.79 Å². The number of carbonyl (C=O) groups excluding carboxylic acids is 1. The van der Waals surface area contributed by atoms with Crippen molar-refractivity contribution in [1.29, 1.82) is 0 Å². The first-order chi connectivity index (χ1) is 14.2. The number of hydrogen-bond acceptors (Lipinski definition) is 8. The van der Waals surface area contributed by atoms with E-state index in [1.165, 1.54) is 29.2 Å². The zero-order valence-electron chi connectivity index (χ0n) is 16.8. The van der Waals surface area contributed by atoms with Gasteiger partial charge in [-0.3, -0.25) is 24.1 Å². The Kier molecular flexibility index (Phi) is 5.26. The molecule has 0 aromatic carbocycles. The average Bonchev–Trinajstić information content (AvgIpc) is 3.02. The van der Waals surface area contributed by atoms with Gasteiger partial charge in [0.2, 0.25) is 0 Å². The third kappa shape index (κ3) is 4.04. The molecular weight excluding hydrogens is 394 g/mol. The predicted molar refractivity (Wildman–Crippen MR) is 103 cm³/mol. The quantitative estimate of drug-likeness (QED) is 0.681. The Labute approximate surface area is 171 Å². The van der Waals surface area contributed by atoms with Crippen LogP contribution in [0.3, 0.4) is 0 Å². The van der Waals surface area contributed by atoms with Crippen molar-refractivity contribution in [3.8, 4) is 0 Å². The average molecular weight is 417 g/mol. The molecule has 0 spiro atoms. The highest BCUT2D eigenvalue weighted by atomic mass is 16.8. The third-order valence-corrected chi connectivity index (χ3v) is 5.08. The number of aryl methyl sites for hydroxylation is 1. The van der Waals surface area contributed by atoms with Gasteiger partial charge in [0.05, 0.1) is 24.5 Å². The van der Waals surface area contributed by atoms with E-state index >= 15 is 0 Å². The summed E-state index contributed by atoms with van der Waals surface area (Å²) in [5.74, 6) is -1.27. The molecule has 11 nitrogen and oxygen atoms in total. The first-order valence-electron chi connectivity index (χ1n) is 9.59. The standard InChI is InChI=1S/C19H23N5O6/c1-10-6-21-11(7-20-10)17(26)22-8-13-16-15(29-19(2,3)30-16)12(9-28-13)24-5-4-14(25)23-18(24)27/h4-7,12-13,15-16H,8-9H2,1-3H3,(H,22,26)(H,23,25,27)/t12-,13-,15+,16-/m1/s1. The topological polar surface area (TPSA) is 137 Å². The van der Waals surface area contributed by atoms with Gasteiger partial charge < -0.3 is 19.5 Å². The van der Waals surface area contributed by atoms with E-state index in [4.69, 9.17) is 14.2 Å². The molecule has 2 aromatic heterocycles. The molecule has 2 fully saturated rings. The zero-order chi connectivity index (χ0) is 21.5. The van der Waals surface area contributed by atoms with Crippen molar-refractivity contribution in [2.75, 3.05) is 13.2 Å². The number of nitrogens with one attached hydrogen (secondary N) is 2. The minimum Gasteiger partial charge on any atom is -0.371 e. The number of nitrogens with zero attached hydrogens (tertiary/aromatic N) is 3. The third-order valence-electron chi connectivity index (χ3n) is 5.08. The van der Waals surface area contributed by atoms with Crippen LogP contribution in [0.1, 0.15) is 36.1 Å². The first-order valence-corrected chi connectivity index (χ1v) is 9.59. The number of H-pyrrole nitrogens is 1. The van der Waals surface area contributed by atoms with Crippen LogP contribution in [0, 0.1) is 6.92 Å². The van der Waals surface area contributed by atoms with E-state index in [1.54, 1.807) is 20.8 Å². The number of hydrogen-bond donors (Lipinski definition) is 2. The molecule has 2 aliphatic rings. The normalized spacial score (nSPS) is 27.4. The molecule has 11 heteroatoms. The summed E-state index contributed by atoms with van der Waals surface area (Å²) in [5.41, 5.74) is -0.108. The summed E-state index contributed by atoms with van der Waals surface area (Å²) in [4.78, 5) is 46.4. The van der Waals surface area contributed by atoms with Gasteiger partial charge >= 0.3 is 5.69 Å². The second-order valence-electron chi connectivity index (χ2n) is 7.77. The van der Waals surface area contributed by atoms with Crippen LogP contribution in [-0.4, -0.2) is 62.7 Å². The molecule has 4 rings (SSSR count). The maximum absolute atomic E-state index is 12.4. The van der Waals surface area contributed by atoms with Crippen LogP contribution < -0.4 is 16.6 Å². The summed E-state index contributed by atoms with van der Waals surface area (Å²) in [6, 6.07) is 0.780. The van der Waals surface area contributed by atoms with Gasteiger partial charge in [-0.05, 0) is 20.8 Å². The Bertz CT molecular complexity index is 1050. The molecule has 2 aliphatic heterocycles. The number of ether oxygens (including phenoxy) is 3. The molecule has 2 saturated heterocycles. The molecule has 4 atom stereocenters.